The fraction of sp³-hybridized carbons (Fsp3) is 0.333. The molecule has 0 aromatic heterocycles. The molecule has 0 aromatic rings. The molecule has 0 bridgehead atoms. The van der Waals surface area contributed by atoms with Gasteiger partial charge >= 0.3 is 11.9 Å². The molecule has 0 fully saturated rings. The standard InChI is InChI=1S/C4H6O3S.2CH5N3/c5-3(6)1-2-4(7)8;2*2-1(3)4/h1-2H2,(H,5,6)(H,7,8);2*(H5,2,3,4). The van der Waals surface area contributed by atoms with Gasteiger partial charge in [-0.05, 0) is 12.8 Å². The molecule has 0 rings (SSSR count). The Balaban J connectivity index is -0.000000179. The first-order valence-corrected chi connectivity index (χ1v) is 4.16. The van der Waals surface area contributed by atoms with Gasteiger partial charge in [0.1, 0.15) is 0 Å². The van der Waals surface area contributed by atoms with Gasteiger partial charge in [-0.1, -0.05) is 0 Å². The Morgan fingerprint density at radius 1 is 1.00 bits per heavy atom. The first kappa shape index (κ1) is 19.5. The molecule has 0 aliphatic carbocycles. The van der Waals surface area contributed by atoms with Gasteiger partial charge in [0.25, 0.3) is 0 Å². The molecule has 94 valence electrons. The minimum atomic E-state index is -1.23. The van der Waals surface area contributed by atoms with Gasteiger partial charge in [-0.15, -0.1) is 0 Å². The van der Waals surface area contributed by atoms with Crippen molar-refractivity contribution in [3.8, 4) is 0 Å². The molecule has 10 heteroatoms. The molecule has 0 heterocycles. The zero-order valence-corrected chi connectivity index (χ0v) is 9.33. The monoisotopic (exact) mass is 252 g/mol. The van der Waals surface area contributed by atoms with E-state index >= 15 is 0 Å². The van der Waals surface area contributed by atoms with E-state index in [-0.39, 0.29) is 24.8 Å². The Bertz CT molecular complexity index is 223. The number of nitrogens with two attached hydrogens (primary N) is 6. The van der Waals surface area contributed by atoms with E-state index < -0.39 is 11.1 Å². The van der Waals surface area contributed by atoms with E-state index in [4.69, 9.17) is 0 Å². The van der Waals surface area contributed by atoms with Crippen molar-refractivity contribution < 1.29 is 25.5 Å². The number of aliphatic carboxylic acids is 1. The normalized spacial score (nSPS) is 7.25. The third kappa shape index (κ3) is 168. The average Bonchev–Trinajstić information content (AvgIpc) is 1.98. The number of carboxylic acids is 1. The smallest absolute Gasteiger partial charge is 0.336 e. The van der Waals surface area contributed by atoms with Crippen LogP contribution in [0.4, 0.5) is 0 Å². The minimum Gasteiger partial charge on any atom is -0.742 e. The lowest BCUT2D eigenvalue weighted by molar-refractivity contribution is -0.305. The number of carboxylic acid groups (broad SMARTS) is 1. The molecular weight excluding hydrogens is 236 g/mol. The molecule has 0 radical (unpaired) electrons. The van der Waals surface area contributed by atoms with Crippen LogP contribution in [-0.2, 0) is 22.2 Å². The van der Waals surface area contributed by atoms with Gasteiger partial charge in [0, 0.05) is 11.1 Å². The summed E-state index contributed by atoms with van der Waals surface area (Å²) in [7, 11) is 0. The SMILES string of the molecule is NC(N)=[NH2+].NC(N)=[NH2+].O=C([O-])CCC(=O)[S-]. The zero-order valence-electron chi connectivity index (χ0n) is 8.51. The highest BCUT2D eigenvalue weighted by Crippen LogP contribution is 1.85. The lowest BCUT2D eigenvalue weighted by Crippen LogP contribution is -2.51. The molecule has 0 atom stereocenters. The predicted octanol–water partition coefficient (Wildman–Crippen LogP) is -7.37. The number of hydrogen-bond donors (Lipinski definition) is 6. The van der Waals surface area contributed by atoms with Crippen molar-refractivity contribution in [3.05, 3.63) is 0 Å². The number of hydrogen-bond acceptors (Lipinski definition) is 4. The summed E-state index contributed by atoms with van der Waals surface area (Å²) in [6.45, 7) is 0. The fourth-order valence-electron chi connectivity index (χ4n) is 0.204. The van der Waals surface area contributed by atoms with E-state index in [1.54, 1.807) is 0 Å². The first-order chi connectivity index (χ1) is 7.09. The summed E-state index contributed by atoms with van der Waals surface area (Å²) in [4.78, 5) is 19.5. The van der Waals surface area contributed by atoms with Crippen LogP contribution < -0.4 is 38.9 Å². The van der Waals surface area contributed by atoms with Gasteiger partial charge in [0.15, 0.2) is 0 Å². The van der Waals surface area contributed by atoms with Crippen molar-refractivity contribution >= 4 is 35.6 Å². The lowest BCUT2D eigenvalue weighted by Gasteiger charge is -2.02. The van der Waals surface area contributed by atoms with Crippen LogP contribution in [0.2, 0.25) is 0 Å². The van der Waals surface area contributed by atoms with E-state index in [0.29, 0.717) is 0 Å². The van der Waals surface area contributed by atoms with E-state index in [9.17, 15) is 14.7 Å². The quantitative estimate of drug-likeness (QED) is 0.161. The molecule has 16 heavy (non-hydrogen) atoms. The molecule has 12 N–H and O–H groups in total. The summed E-state index contributed by atoms with van der Waals surface area (Å²) < 4.78 is 0. The summed E-state index contributed by atoms with van der Waals surface area (Å²) >= 11 is 4.07. The summed E-state index contributed by atoms with van der Waals surface area (Å²) in [5, 5.41) is 18.2. The lowest BCUT2D eigenvalue weighted by atomic mass is 10.3. The Hall–Kier alpha value is -2.10. The van der Waals surface area contributed by atoms with Crippen molar-refractivity contribution in [3.63, 3.8) is 0 Å². The van der Waals surface area contributed by atoms with Gasteiger partial charge in [-0.2, -0.15) is 0 Å². The molecule has 0 aromatic carbocycles. The molecule has 0 spiro atoms. The molecular formula is C6H16N6O3S. The second kappa shape index (κ2) is 12.9. The van der Waals surface area contributed by atoms with Crippen molar-refractivity contribution in [1.29, 1.82) is 0 Å². The van der Waals surface area contributed by atoms with Crippen LogP contribution in [0.3, 0.4) is 0 Å². The van der Waals surface area contributed by atoms with Crippen molar-refractivity contribution in [2.24, 2.45) is 22.9 Å². The molecule has 0 saturated carbocycles. The van der Waals surface area contributed by atoms with Gasteiger partial charge in [-0.25, -0.2) is 0 Å². The fourth-order valence-corrected chi connectivity index (χ4v) is 0.306. The van der Waals surface area contributed by atoms with E-state index in [2.05, 4.69) is 46.4 Å². The molecule has 9 nitrogen and oxygen atoms in total. The minimum absolute atomic E-state index is 0.0833. The largest absolute Gasteiger partial charge is 0.742 e. The van der Waals surface area contributed by atoms with E-state index in [1.807, 2.05) is 0 Å². The van der Waals surface area contributed by atoms with Gasteiger partial charge < -0.3 is 27.3 Å². The van der Waals surface area contributed by atoms with E-state index in [1.165, 1.54) is 0 Å². The van der Waals surface area contributed by atoms with Crippen LogP contribution in [0.15, 0.2) is 0 Å². The van der Waals surface area contributed by atoms with Crippen LogP contribution in [0.25, 0.3) is 0 Å². The van der Waals surface area contributed by atoms with Gasteiger partial charge in [0.05, 0.1) is 0 Å². The number of carbonyl (C=O) groups is 2. The topological polar surface area (TPSA) is 212 Å². The Morgan fingerprint density at radius 3 is 1.31 bits per heavy atom. The van der Waals surface area contributed by atoms with Crippen LogP contribution in [-0.4, -0.2) is 23.0 Å². The Labute approximate surface area is 97.6 Å². The van der Waals surface area contributed by atoms with Crippen LogP contribution in [0.5, 0.6) is 0 Å². The van der Waals surface area contributed by atoms with Crippen molar-refractivity contribution in [2.75, 3.05) is 0 Å². The third-order valence-electron chi connectivity index (χ3n) is 0.533. The molecule has 0 unspecified atom stereocenters. The van der Waals surface area contributed by atoms with Crippen molar-refractivity contribution in [2.45, 2.75) is 12.8 Å². The molecule has 0 aliphatic heterocycles. The maximum Gasteiger partial charge on any atom is 0.336 e. The summed E-state index contributed by atoms with van der Waals surface area (Å²) in [6.07, 6.45) is -0.361. The second-order valence-electron chi connectivity index (χ2n) is 2.24. The van der Waals surface area contributed by atoms with Gasteiger partial charge in [0.2, 0.25) is 0 Å². The van der Waals surface area contributed by atoms with Crippen molar-refractivity contribution in [1.82, 2.24) is 0 Å². The summed E-state index contributed by atoms with van der Waals surface area (Å²) in [6, 6.07) is 0. The third-order valence-corrected chi connectivity index (χ3v) is 0.737. The second-order valence-corrected chi connectivity index (χ2v) is 2.70. The molecule has 0 saturated heterocycles. The van der Waals surface area contributed by atoms with Crippen LogP contribution in [0, 0.1) is 0 Å². The van der Waals surface area contributed by atoms with Gasteiger partial charge in [-0.3, -0.25) is 33.8 Å². The molecule has 0 aliphatic rings. The first-order valence-electron chi connectivity index (χ1n) is 3.76. The predicted molar refractivity (Wildman–Crippen MR) is 57.2 cm³/mol. The maximum absolute atomic E-state index is 9.87. The highest BCUT2D eigenvalue weighted by Gasteiger charge is 1.84. The Morgan fingerprint density at radius 2 is 1.25 bits per heavy atom. The summed E-state index contributed by atoms with van der Waals surface area (Å²) in [5.41, 5.74) is 18.3. The highest BCUT2D eigenvalue weighted by atomic mass is 32.1. The number of guanidine groups is 2. The van der Waals surface area contributed by atoms with E-state index in [0.717, 1.165) is 0 Å². The number of rotatable bonds is 3. The maximum atomic E-state index is 9.87. The van der Waals surface area contributed by atoms with Crippen LogP contribution >= 0.6 is 0 Å². The molecule has 0 amide bonds. The zero-order chi connectivity index (χ0) is 13.7. The summed E-state index contributed by atoms with van der Waals surface area (Å²) in [5.74, 6) is -1.40. The van der Waals surface area contributed by atoms with Crippen LogP contribution in [0.1, 0.15) is 12.8 Å². The highest BCUT2D eigenvalue weighted by molar-refractivity contribution is 7.77. The number of carbonyl (C=O) groups excluding carboxylic acids is 2. The Kier molecular flexibility index (Phi) is 15.7. The average molecular weight is 252 g/mol.